The number of hydrogen-bond donors (Lipinski definition) is 1. The molecule has 5 nitrogen and oxygen atoms in total. The molecule has 18 heavy (non-hydrogen) atoms. The van der Waals surface area contributed by atoms with Crippen molar-refractivity contribution in [1.29, 1.82) is 0 Å². The predicted molar refractivity (Wildman–Crippen MR) is 67.3 cm³/mol. The van der Waals surface area contributed by atoms with Gasteiger partial charge in [-0.15, -0.1) is 0 Å². The Labute approximate surface area is 105 Å². The van der Waals surface area contributed by atoms with Gasteiger partial charge in [0.05, 0.1) is 17.1 Å². The number of para-hydroxylation sites is 1. The molecule has 0 aliphatic carbocycles. The lowest BCUT2D eigenvalue weighted by molar-refractivity contribution is 0.0721. The van der Waals surface area contributed by atoms with E-state index in [4.69, 9.17) is 10.5 Å². The minimum Gasteiger partial charge on any atom is -0.421 e. The number of carbonyl (C=O) groups is 1. The summed E-state index contributed by atoms with van der Waals surface area (Å²) in [6.45, 7) is 3.45. The lowest BCUT2D eigenvalue weighted by Gasteiger charge is -2.06. The van der Waals surface area contributed by atoms with Gasteiger partial charge in [-0.05, 0) is 26.0 Å². The zero-order chi connectivity index (χ0) is 13.1. The van der Waals surface area contributed by atoms with E-state index in [0.717, 1.165) is 0 Å². The molecule has 2 rings (SSSR count). The SMILES string of the molecule is Cc1nc(C(=O)Oc2ccccc2)nc(C)c1N. The maximum Gasteiger partial charge on any atom is 0.381 e. The molecule has 1 aromatic heterocycles. The lowest BCUT2D eigenvalue weighted by atomic mass is 10.3. The topological polar surface area (TPSA) is 78.1 Å². The van der Waals surface area contributed by atoms with Gasteiger partial charge < -0.3 is 10.5 Å². The number of anilines is 1. The number of ether oxygens (including phenoxy) is 1. The molecule has 0 aliphatic heterocycles. The highest BCUT2D eigenvalue weighted by molar-refractivity contribution is 5.87. The van der Waals surface area contributed by atoms with Crippen LogP contribution in [0.2, 0.25) is 0 Å². The van der Waals surface area contributed by atoms with Gasteiger partial charge in [0.25, 0.3) is 0 Å². The molecule has 0 atom stereocenters. The maximum atomic E-state index is 11.8. The number of carbonyl (C=O) groups excluding carboxylic acids is 1. The standard InChI is InChI=1S/C13H13N3O2/c1-8-11(14)9(2)16-12(15-8)13(17)18-10-6-4-3-5-7-10/h3-7H,14H2,1-2H3. The fourth-order valence-corrected chi connectivity index (χ4v) is 1.46. The van der Waals surface area contributed by atoms with Crippen molar-refractivity contribution in [3.8, 4) is 5.75 Å². The predicted octanol–water partition coefficient (Wildman–Crippen LogP) is 1.89. The van der Waals surface area contributed by atoms with Crippen LogP contribution in [0.3, 0.4) is 0 Å². The van der Waals surface area contributed by atoms with E-state index >= 15 is 0 Å². The summed E-state index contributed by atoms with van der Waals surface area (Å²) in [4.78, 5) is 19.9. The van der Waals surface area contributed by atoms with Crippen molar-refractivity contribution in [2.24, 2.45) is 0 Å². The number of rotatable bonds is 2. The smallest absolute Gasteiger partial charge is 0.381 e. The largest absolute Gasteiger partial charge is 0.421 e. The average Bonchev–Trinajstić information content (AvgIpc) is 2.36. The van der Waals surface area contributed by atoms with Crippen LogP contribution in [0.25, 0.3) is 0 Å². The van der Waals surface area contributed by atoms with Crippen LogP contribution in [0.1, 0.15) is 22.0 Å². The average molecular weight is 243 g/mol. The number of aryl methyl sites for hydroxylation is 2. The number of nitrogens with zero attached hydrogens (tertiary/aromatic N) is 2. The molecular weight excluding hydrogens is 230 g/mol. The van der Waals surface area contributed by atoms with Crippen molar-refractivity contribution < 1.29 is 9.53 Å². The van der Waals surface area contributed by atoms with Gasteiger partial charge in [0.15, 0.2) is 0 Å². The van der Waals surface area contributed by atoms with E-state index in [9.17, 15) is 4.79 Å². The third-order valence-electron chi connectivity index (χ3n) is 2.46. The normalized spacial score (nSPS) is 10.1. The van der Waals surface area contributed by atoms with Crippen molar-refractivity contribution in [2.45, 2.75) is 13.8 Å². The molecule has 0 radical (unpaired) electrons. The number of aromatic nitrogens is 2. The van der Waals surface area contributed by atoms with Crippen molar-refractivity contribution in [1.82, 2.24) is 9.97 Å². The third-order valence-corrected chi connectivity index (χ3v) is 2.46. The summed E-state index contributed by atoms with van der Waals surface area (Å²) < 4.78 is 5.15. The summed E-state index contributed by atoms with van der Waals surface area (Å²) in [5, 5.41) is 0. The quantitative estimate of drug-likeness (QED) is 0.643. The second kappa shape index (κ2) is 4.83. The Kier molecular flexibility index (Phi) is 3.23. The first kappa shape index (κ1) is 12.0. The van der Waals surface area contributed by atoms with Crippen LogP contribution in [0.15, 0.2) is 30.3 Å². The molecule has 0 bridgehead atoms. The second-order valence-electron chi connectivity index (χ2n) is 3.83. The molecule has 0 unspecified atom stereocenters. The van der Waals surface area contributed by atoms with E-state index in [2.05, 4.69) is 9.97 Å². The molecule has 1 aromatic carbocycles. The van der Waals surface area contributed by atoms with Gasteiger partial charge in [0.1, 0.15) is 5.75 Å². The van der Waals surface area contributed by atoms with E-state index in [1.165, 1.54) is 0 Å². The van der Waals surface area contributed by atoms with E-state index in [1.54, 1.807) is 38.1 Å². The Balaban J connectivity index is 2.25. The minimum absolute atomic E-state index is 0.0167. The summed E-state index contributed by atoms with van der Waals surface area (Å²) in [5.41, 5.74) is 7.36. The van der Waals surface area contributed by atoms with E-state index in [-0.39, 0.29) is 5.82 Å². The number of nitrogens with two attached hydrogens (primary N) is 1. The van der Waals surface area contributed by atoms with Gasteiger partial charge in [0, 0.05) is 0 Å². The van der Waals surface area contributed by atoms with Gasteiger partial charge in [-0.1, -0.05) is 18.2 Å². The molecule has 0 aliphatic rings. The summed E-state index contributed by atoms with van der Waals surface area (Å²) in [7, 11) is 0. The van der Waals surface area contributed by atoms with E-state index in [0.29, 0.717) is 22.8 Å². The highest BCUT2D eigenvalue weighted by Crippen LogP contribution is 2.14. The molecule has 0 fully saturated rings. The number of benzene rings is 1. The van der Waals surface area contributed by atoms with Crippen LogP contribution in [-0.2, 0) is 0 Å². The first-order valence-corrected chi connectivity index (χ1v) is 5.46. The van der Waals surface area contributed by atoms with Crippen LogP contribution >= 0.6 is 0 Å². The van der Waals surface area contributed by atoms with Crippen LogP contribution in [0, 0.1) is 13.8 Å². The zero-order valence-corrected chi connectivity index (χ0v) is 10.2. The molecule has 1 heterocycles. The van der Waals surface area contributed by atoms with Crippen LogP contribution in [0.5, 0.6) is 5.75 Å². The number of esters is 1. The van der Waals surface area contributed by atoms with Gasteiger partial charge in [-0.3, -0.25) is 0 Å². The summed E-state index contributed by atoms with van der Waals surface area (Å²) >= 11 is 0. The fraction of sp³-hybridized carbons (Fsp3) is 0.154. The first-order valence-electron chi connectivity index (χ1n) is 5.46. The Morgan fingerprint density at radius 2 is 1.67 bits per heavy atom. The van der Waals surface area contributed by atoms with Gasteiger partial charge in [0.2, 0.25) is 5.82 Å². The van der Waals surface area contributed by atoms with Crippen molar-refractivity contribution in [2.75, 3.05) is 5.73 Å². The van der Waals surface area contributed by atoms with Gasteiger partial charge in [-0.25, -0.2) is 14.8 Å². The molecule has 2 aromatic rings. The van der Waals surface area contributed by atoms with Crippen molar-refractivity contribution >= 4 is 11.7 Å². The van der Waals surface area contributed by atoms with Crippen LogP contribution in [-0.4, -0.2) is 15.9 Å². The molecule has 2 N–H and O–H groups in total. The summed E-state index contributed by atoms with van der Waals surface area (Å²) in [5.74, 6) is -0.117. The highest BCUT2D eigenvalue weighted by Gasteiger charge is 2.15. The molecule has 92 valence electrons. The van der Waals surface area contributed by atoms with Gasteiger partial charge >= 0.3 is 5.97 Å². The molecule has 0 spiro atoms. The molecule has 0 amide bonds. The first-order chi connectivity index (χ1) is 8.58. The number of nitrogen functional groups attached to an aromatic ring is 1. The summed E-state index contributed by atoms with van der Waals surface area (Å²) in [6, 6.07) is 8.78. The Hall–Kier alpha value is -2.43. The lowest BCUT2D eigenvalue weighted by Crippen LogP contribution is -2.15. The monoisotopic (exact) mass is 243 g/mol. The van der Waals surface area contributed by atoms with E-state index in [1.807, 2.05) is 6.07 Å². The van der Waals surface area contributed by atoms with E-state index < -0.39 is 5.97 Å². The molecular formula is C13H13N3O2. The minimum atomic E-state index is -0.590. The zero-order valence-electron chi connectivity index (χ0n) is 10.2. The Morgan fingerprint density at radius 1 is 1.11 bits per heavy atom. The Morgan fingerprint density at radius 3 is 2.22 bits per heavy atom. The van der Waals surface area contributed by atoms with Crippen molar-refractivity contribution in [3.63, 3.8) is 0 Å². The summed E-state index contributed by atoms with van der Waals surface area (Å²) in [6.07, 6.45) is 0. The molecule has 5 heteroatoms. The van der Waals surface area contributed by atoms with Gasteiger partial charge in [-0.2, -0.15) is 0 Å². The molecule has 0 saturated heterocycles. The van der Waals surface area contributed by atoms with Crippen LogP contribution in [0.4, 0.5) is 5.69 Å². The van der Waals surface area contributed by atoms with Crippen molar-refractivity contribution in [3.05, 3.63) is 47.5 Å². The molecule has 0 saturated carbocycles. The Bertz CT molecular complexity index is 559. The highest BCUT2D eigenvalue weighted by atomic mass is 16.5. The fourth-order valence-electron chi connectivity index (χ4n) is 1.46. The number of hydrogen-bond acceptors (Lipinski definition) is 5. The maximum absolute atomic E-state index is 11.8. The third kappa shape index (κ3) is 2.45. The van der Waals surface area contributed by atoms with Crippen LogP contribution < -0.4 is 10.5 Å². The second-order valence-corrected chi connectivity index (χ2v) is 3.83.